The molecule has 0 saturated carbocycles. The molecule has 0 amide bonds. The van der Waals surface area contributed by atoms with Gasteiger partial charge in [-0.3, -0.25) is 4.90 Å². The molecule has 5 aromatic rings. The van der Waals surface area contributed by atoms with Gasteiger partial charge in [-0.25, -0.2) is 13.1 Å². The van der Waals surface area contributed by atoms with E-state index in [-0.39, 0.29) is 0 Å². The fourth-order valence-electron chi connectivity index (χ4n) is 5.54. The summed E-state index contributed by atoms with van der Waals surface area (Å²) in [4.78, 5) is 4.62. The van der Waals surface area contributed by atoms with Crippen molar-refractivity contribution in [2.75, 3.05) is 19.3 Å². The number of para-hydroxylation sites is 1. The first-order chi connectivity index (χ1) is 20.3. The van der Waals surface area contributed by atoms with Crippen LogP contribution in [0.5, 0.6) is 0 Å². The molecule has 0 atom stereocenters. The van der Waals surface area contributed by atoms with Gasteiger partial charge in [0, 0.05) is 30.8 Å². The van der Waals surface area contributed by atoms with E-state index in [9.17, 15) is 13.7 Å². The number of aromatic nitrogens is 2. The first kappa shape index (κ1) is 28.4. The largest absolute Gasteiger partial charge is 0.297 e. The third-order valence-electron chi connectivity index (χ3n) is 7.88. The highest BCUT2D eigenvalue weighted by Crippen LogP contribution is 2.38. The molecule has 6 nitrogen and oxygen atoms in total. The molecule has 0 radical (unpaired) electrons. The third kappa shape index (κ3) is 5.66. The quantitative estimate of drug-likeness (QED) is 0.192. The molecule has 212 valence electrons. The van der Waals surface area contributed by atoms with Crippen molar-refractivity contribution in [1.29, 1.82) is 5.26 Å². The second-order valence-corrected chi connectivity index (χ2v) is 14.2. The SMILES string of the molecule is CS(=O)(=O)c1cccc(-c2ccc(-c3cc(CN4CCC(C#N)(c5ccccc5)CC4)nn3-c3ccccc3Cl)s2)c1. The highest BCUT2D eigenvalue weighted by Gasteiger charge is 2.36. The number of likely N-dealkylation sites (tertiary alicyclic amines) is 1. The molecule has 1 aliphatic rings. The van der Waals surface area contributed by atoms with E-state index in [0.717, 1.165) is 63.9 Å². The first-order valence-electron chi connectivity index (χ1n) is 13.7. The minimum Gasteiger partial charge on any atom is -0.297 e. The summed E-state index contributed by atoms with van der Waals surface area (Å²) in [5, 5.41) is 15.7. The number of nitrogens with zero attached hydrogens (tertiary/aromatic N) is 4. The van der Waals surface area contributed by atoms with Crippen LogP contribution in [0.3, 0.4) is 0 Å². The molecule has 42 heavy (non-hydrogen) atoms. The zero-order valence-electron chi connectivity index (χ0n) is 23.1. The fraction of sp³-hybridized carbons (Fsp3) is 0.212. The Kier molecular flexibility index (Phi) is 7.77. The summed E-state index contributed by atoms with van der Waals surface area (Å²) in [6.07, 6.45) is 2.76. The standard InChI is InChI=1S/C33H29ClN4O2S2/c1-42(39,40)27-11-7-8-24(20-27)31-14-15-32(41-31)30-21-26(36-38(30)29-13-6-5-12-28(29)34)22-37-18-16-33(23-35,17-19-37)25-9-3-2-4-10-25/h2-15,20-21H,16-19,22H2,1H3. The number of halogens is 1. The van der Waals surface area contributed by atoms with E-state index in [1.807, 2.05) is 65.3 Å². The van der Waals surface area contributed by atoms with Crippen molar-refractivity contribution >= 4 is 32.8 Å². The lowest BCUT2D eigenvalue weighted by Gasteiger charge is -2.37. The van der Waals surface area contributed by atoms with Crippen LogP contribution < -0.4 is 0 Å². The maximum Gasteiger partial charge on any atom is 0.175 e. The van der Waals surface area contributed by atoms with Gasteiger partial charge in [0.2, 0.25) is 0 Å². The minimum atomic E-state index is -3.31. The van der Waals surface area contributed by atoms with E-state index in [2.05, 4.69) is 29.2 Å². The molecule has 1 saturated heterocycles. The third-order valence-corrected chi connectivity index (χ3v) is 10.5. The van der Waals surface area contributed by atoms with Gasteiger partial charge in [0.25, 0.3) is 0 Å². The van der Waals surface area contributed by atoms with Crippen molar-refractivity contribution in [3.05, 3.63) is 113 Å². The Morgan fingerprint density at radius 3 is 2.36 bits per heavy atom. The Morgan fingerprint density at radius 2 is 1.64 bits per heavy atom. The van der Waals surface area contributed by atoms with E-state index < -0.39 is 15.3 Å². The zero-order chi connectivity index (χ0) is 29.3. The molecule has 0 N–H and O–H groups in total. The van der Waals surface area contributed by atoms with Gasteiger partial charge in [0.05, 0.1) is 43.4 Å². The Balaban J connectivity index is 1.30. The van der Waals surface area contributed by atoms with Gasteiger partial charge in [-0.05, 0) is 66.4 Å². The average Bonchev–Trinajstić information content (AvgIpc) is 3.66. The maximum atomic E-state index is 12.1. The molecule has 3 aromatic carbocycles. The van der Waals surface area contributed by atoms with E-state index in [1.165, 1.54) is 6.26 Å². The fourth-order valence-corrected chi connectivity index (χ4v) is 7.43. The Hall–Kier alpha value is -3.74. The normalized spacial score (nSPS) is 15.4. The van der Waals surface area contributed by atoms with Gasteiger partial charge in [-0.1, -0.05) is 66.2 Å². The Labute approximate surface area is 255 Å². The minimum absolute atomic E-state index is 0.299. The zero-order valence-corrected chi connectivity index (χ0v) is 25.5. The number of piperidine rings is 1. The van der Waals surface area contributed by atoms with Crippen LogP contribution in [0.15, 0.2) is 102 Å². The lowest BCUT2D eigenvalue weighted by atomic mass is 9.74. The molecule has 0 unspecified atom stereocenters. The van der Waals surface area contributed by atoms with Crippen molar-refractivity contribution in [2.24, 2.45) is 0 Å². The van der Waals surface area contributed by atoms with Gasteiger partial charge in [0.15, 0.2) is 9.84 Å². The van der Waals surface area contributed by atoms with Crippen LogP contribution in [-0.2, 0) is 21.8 Å². The Bertz CT molecular complexity index is 1880. The molecule has 1 aliphatic heterocycles. The van der Waals surface area contributed by atoms with E-state index >= 15 is 0 Å². The highest BCUT2D eigenvalue weighted by molar-refractivity contribution is 7.90. The maximum absolute atomic E-state index is 12.1. The molecule has 0 bridgehead atoms. The highest BCUT2D eigenvalue weighted by atomic mass is 35.5. The van der Waals surface area contributed by atoms with Crippen molar-refractivity contribution in [2.45, 2.75) is 29.7 Å². The van der Waals surface area contributed by atoms with E-state index in [1.54, 1.807) is 29.5 Å². The molecule has 2 aromatic heterocycles. The van der Waals surface area contributed by atoms with Crippen molar-refractivity contribution in [1.82, 2.24) is 14.7 Å². The predicted octanol–water partition coefficient (Wildman–Crippen LogP) is 7.38. The van der Waals surface area contributed by atoms with Crippen LogP contribution in [-0.4, -0.2) is 42.4 Å². The van der Waals surface area contributed by atoms with Crippen LogP contribution >= 0.6 is 22.9 Å². The summed E-state index contributed by atoms with van der Waals surface area (Å²) in [5.41, 5.74) is 4.12. The number of benzene rings is 3. The van der Waals surface area contributed by atoms with Crippen LogP contribution in [0.4, 0.5) is 0 Å². The van der Waals surface area contributed by atoms with Crippen LogP contribution in [0.1, 0.15) is 24.1 Å². The van der Waals surface area contributed by atoms with Gasteiger partial charge in [-0.15, -0.1) is 11.3 Å². The number of nitriles is 1. The van der Waals surface area contributed by atoms with Gasteiger partial charge in [-0.2, -0.15) is 10.4 Å². The second kappa shape index (κ2) is 11.5. The molecule has 1 fully saturated rings. The lowest BCUT2D eigenvalue weighted by Crippen LogP contribution is -2.41. The molecule has 0 aliphatic carbocycles. The van der Waals surface area contributed by atoms with Crippen molar-refractivity contribution in [3.63, 3.8) is 0 Å². The summed E-state index contributed by atoms with van der Waals surface area (Å²) in [5.74, 6) is 0. The number of sulfone groups is 1. The van der Waals surface area contributed by atoms with Gasteiger partial charge in [0.1, 0.15) is 0 Å². The topological polar surface area (TPSA) is 79.0 Å². The van der Waals surface area contributed by atoms with Crippen LogP contribution in [0.25, 0.3) is 26.7 Å². The lowest BCUT2D eigenvalue weighted by molar-refractivity contribution is 0.177. The number of hydrogen-bond acceptors (Lipinski definition) is 6. The molecular formula is C33H29ClN4O2S2. The molecule has 0 spiro atoms. The van der Waals surface area contributed by atoms with Gasteiger partial charge < -0.3 is 0 Å². The number of rotatable bonds is 7. The summed E-state index contributed by atoms with van der Waals surface area (Å²) in [7, 11) is -3.31. The summed E-state index contributed by atoms with van der Waals surface area (Å²) in [6, 6.07) is 33.6. The molecular weight excluding hydrogens is 584 g/mol. The number of thiophene rings is 1. The van der Waals surface area contributed by atoms with Crippen molar-refractivity contribution in [3.8, 4) is 32.8 Å². The van der Waals surface area contributed by atoms with Crippen molar-refractivity contribution < 1.29 is 8.42 Å². The summed E-state index contributed by atoms with van der Waals surface area (Å²) in [6.45, 7) is 2.27. The number of hydrogen-bond donors (Lipinski definition) is 0. The average molecular weight is 613 g/mol. The van der Waals surface area contributed by atoms with E-state index in [4.69, 9.17) is 16.7 Å². The van der Waals surface area contributed by atoms with Crippen LogP contribution in [0.2, 0.25) is 5.02 Å². The first-order valence-corrected chi connectivity index (χ1v) is 16.8. The Morgan fingerprint density at radius 1 is 0.929 bits per heavy atom. The monoisotopic (exact) mass is 612 g/mol. The molecule has 6 rings (SSSR count). The smallest absolute Gasteiger partial charge is 0.175 e. The predicted molar refractivity (Wildman–Crippen MR) is 169 cm³/mol. The van der Waals surface area contributed by atoms with E-state index in [0.29, 0.717) is 16.5 Å². The summed E-state index contributed by atoms with van der Waals surface area (Å²) >= 11 is 8.22. The second-order valence-electron chi connectivity index (χ2n) is 10.7. The molecule has 9 heteroatoms. The summed E-state index contributed by atoms with van der Waals surface area (Å²) < 4.78 is 26.2. The van der Waals surface area contributed by atoms with Crippen LogP contribution in [0, 0.1) is 11.3 Å². The molecule has 3 heterocycles. The van der Waals surface area contributed by atoms with Gasteiger partial charge >= 0.3 is 0 Å².